The second kappa shape index (κ2) is 14.4. The van der Waals surface area contributed by atoms with Crippen LogP contribution < -0.4 is 9.47 Å². The first-order chi connectivity index (χ1) is 31.2. The molecule has 0 fully saturated rings. The maximum absolute atomic E-state index is 8.79. The van der Waals surface area contributed by atoms with E-state index in [0.29, 0.717) is 45.5 Å². The molecular formula is C52H36N6O2. The predicted octanol–water partition coefficient (Wildman–Crippen LogP) is 13.0. The molecular weight excluding hydrogens is 741 g/mol. The number of para-hydroxylation sites is 2. The molecule has 0 N–H and O–H groups in total. The Kier molecular flexibility index (Phi) is 7.42. The second-order valence-electron chi connectivity index (χ2n) is 14.7. The third-order valence-electron chi connectivity index (χ3n) is 10.6. The number of aryl methyl sites for hydroxylation is 2. The van der Waals surface area contributed by atoms with E-state index < -0.39 is 0 Å². The summed E-state index contributed by atoms with van der Waals surface area (Å²) in [6.45, 7) is 4.08. The largest absolute Gasteiger partial charge is 0.457 e. The molecule has 286 valence electrons. The van der Waals surface area contributed by atoms with Gasteiger partial charge in [0.2, 0.25) is 0 Å². The number of hydrogen-bond acceptors (Lipinski definition) is 6. The van der Waals surface area contributed by atoms with Gasteiger partial charge in [-0.15, -0.1) is 0 Å². The Labute approximate surface area is 351 Å². The van der Waals surface area contributed by atoms with Gasteiger partial charge in [0.15, 0.2) is 0 Å². The van der Waals surface area contributed by atoms with Crippen molar-refractivity contribution in [2.24, 2.45) is 0 Å². The highest BCUT2D eigenvalue weighted by Crippen LogP contribution is 2.37. The zero-order valence-corrected chi connectivity index (χ0v) is 32.5. The molecule has 5 heterocycles. The Balaban J connectivity index is 0.900. The average molecular weight is 781 g/mol. The van der Waals surface area contributed by atoms with Gasteiger partial charge in [0, 0.05) is 57.2 Å². The second-order valence-corrected chi connectivity index (χ2v) is 14.7. The molecule has 0 bridgehead atoms. The predicted molar refractivity (Wildman–Crippen MR) is 240 cm³/mol. The maximum atomic E-state index is 8.79. The number of hydrogen-bond donors (Lipinski definition) is 0. The van der Waals surface area contributed by atoms with Crippen molar-refractivity contribution in [2.75, 3.05) is 0 Å². The fourth-order valence-electron chi connectivity index (χ4n) is 7.89. The van der Waals surface area contributed by atoms with Gasteiger partial charge in [0.25, 0.3) is 0 Å². The summed E-state index contributed by atoms with van der Waals surface area (Å²) in [6.07, 6.45) is 6.62. The molecule has 0 saturated heterocycles. The summed E-state index contributed by atoms with van der Waals surface area (Å²) in [4.78, 5) is 18.7. The van der Waals surface area contributed by atoms with Crippen LogP contribution in [-0.2, 0) is 0 Å². The summed E-state index contributed by atoms with van der Waals surface area (Å²) >= 11 is 0. The average Bonchev–Trinajstić information content (AvgIpc) is 3.81. The molecule has 0 saturated carbocycles. The van der Waals surface area contributed by atoms with Gasteiger partial charge >= 0.3 is 0 Å². The van der Waals surface area contributed by atoms with E-state index in [1.165, 1.54) is 24.5 Å². The number of rotatable bonds is 8. The van der Waals surface area contributed by atoms with Gasteiger partial charge in [-0.25, -0.2) is 9.97 Å². The smallest absolute Gasteiger partial charge is 0.137 e. The van der Waals surface area contributed by atoms with Gasteiger partial charge in [-0.2, -0.15) is 0 Å². The van der Waals surface area contributed by atoms with Gasteiger partial charge in [-0.05, 0) is 110 Å². The Bertz CT molecular complexity index is 3420. The topological polar surface area (TPSA) is 79.9 Å². The summed E-state index contributed by atoms with van der Waals surface area (Å²) < 4.78 is 52.0. The first-order valence-corrected chi connectivity index (χ1v) is 19.5. The Morgan fingerprint density at radius 1 is 0.433 bits per heavy atom. The summed E-state index contributed by atoms with van der Waals surface area (Å²) in [5.41, 5.74) is 7.49. The van der Waals surface area contributed by atoms with Gasteiger partial charge in [0.1, 0.15) is 34.6 Å². The van der Waals surface area contributed by atoms with Crippen LogP contribution in [0, 0.1) is 13.8 Å². The van der Waals surface area contributed by atoms with Crippen LogP contribution in [0.2, 0.25) is 0 Å². The Hall–Kier alpha value is -8.10. The van der Waals surface area contributed by atoms with Crippen molar-refractivity contribution in [3.05, 3.63) is 194 Å². The van der Waals surface area contributed by atoms with Crippen LogP contribution in [0.1, 0.15) is 16.6 Å². The number of benzene rings is 6. The molecule has 8 heteroatoms. The third-order valence-corrected chi connectivity index (χ3v) is 10.6. The van der Waals surface area contributed by atoms with Crippen molar-refractivity contribution in [3.63, 3.8) is 0 Å². The standard InChI is InChI=1S/C52H36N6O2/c1-33-21-23-53-51(25-33)57-47-15-5-3-13-41(47)43-19-17-39(29-49(43)57)59-37-11-7-9-35(27-37)45-31-56-46(32-55-45)36-10-8-12-38(28-36)60-40-18-20-44-42-14-4-6-16-48(42)58(50(44)30-40)52-26-34(2)22-24-54-52/h3-32H,1-2H3/i7D,8D,9D,10D. The molecule has 0 aliphatic heterocycles. The van der Waals surface area contributed by atoms with Crippen molar-refractivity contribution in [3.8, 4) is 57.1 Å². The minimum atomic E-state index is -0.0385. The van der Waals surface area contributed by atoms with Crippen molar-refractivity contribution in [1.29, 1.82) is 0 Å². The summed E-state index contributed by atoms with van der Waals surface area (Å²) in [6, 6.07) is 42.5. The maximum Gasteiger partial charge on any atom is 0.137 e. The van der Waals surface area contributed by atoms with Crippen molar-refractivity contribution >= 4 is 43.6 Å². The van der Waals surface area contributed by atoms with Crippen LogP contribution in [0.4, 0.5) is 0 Å². The first kappa shape index (κ1) is 31.0. The zero-order chi connectivity index (χ0) is 43.6. The minimum absolute atomic E-state index is 0.0327. The lowest BCUT2D eigenvalue weighted by Gasteiger charge is -2.11. The fourth-order valence-corrected chi connectivity index (χ4v) is 7.89. The van der Waals surface area contributed by atoms with Crippen molar-refractivity contribution in [1.82, 2.24) is 29.1 Å². The van der Waals surface area contributed by atoms with Crippen LogP contribution >= 0.6 is 0 Å². The van der Waals surface area contributed by atoms with E-state index in [9.17, 15) is 0 Å². The molecule has 0 amide bonds. The molecule has 0 aliphatic carbocycles. The van der Waals surface area contributed by atoms with E-state index in [-0.39, 0.29) is 24.2 Å². The normalized spacial score (nSPS) is 12.4. The number of ether oxygens (including phenoxy) is 2. The van der Waals surface area contributed by atoms with Crippen molar-refractivity contribution < 1.29 is 15.0 Å². The highest BCUT2D eigenvalue weighted by atomic mass is 16.5. The lowest BCUT2D eigenvalue weighted by atomic mass is 10.1. The lowest BCUT2D eigenvalue weighted by Crippen LogP contribution is -1.97. The van der Waals surface area contributed by atoms with Gasteiger partial charge in [-0.1, -0.05) is 60.6 Å². The van der Waals surface area contributed by atoms with Gasteiger partial charge < -0.3 is 9.47 Å². The van der Waals surface area contributed by atoms with Crippen LogP contribution in [0.15, 0.2) is 182 Å². The Morgan fingerprint density at radius 3 is 1.32 bits per heavy atom. The third kappa shape index (κ3) is 6.27. The van der Waals surface area contributed by atoms with Gasteiger partial charge in [-0.3, -0.25) is 19.1 Å². The fraction of sp³-hybridized carbons (Fsp3) is 0.0385. The van der Waals surface area contributed by atoms with Crippen LogP contribution in [0.25, 0.3) is 77.8 Å². The molecule has 5 aromatic heterocycles. The van der Waals surface area contributed by atoms with E-state index in [2.05, 4.69) is 53.3 Å². The highest BCUT2D eigenvalue weighted by Gasteiger charge is 2.16. The number of nitrogens with zero attached hydrogens (tertiary/aromatic N) is 6. The minimum Gasteiger partial charge on any atom is -0.457 e. The highest BCUT2D eigenvalue weighted by molar-refractivity contribution is 6.10. The molecule has 11 aromatic rings. The molecule has 0 atom stereocenters. The molecule has 0 radical (unpaired) electrons. The Morgan fingerprint density at radius 2 is 0.867 bits per heavy atom. The van der Waals surface area contributed by atoms with E-state index in [1.54, 1.807) is 24.5 Å². The van der Waals surface area contributed by atoms with Crippen LogP contribution in [0.3, 0.4) is 0 Å². The lowest BCUT2D eigenvalue weighted by molar-refractivity contribution is 0.483. The SMILES string of the molecule is [2H]c1cc(Oc2ccc3c4ccccc4n(-c4cc(C)ccn4)c3c2)cc(-c2cnc(-c3cc(Oc4ccc5c6ccccc6n(-c6cc(C)ccn6)c5c4)cc([2H])c3[2H])cn2)c1[2H]. The summed E-state index contributed by atoms with van der Waals surface area (Å²) in [5.74, 6) is 3.42. The monoisotopic (exact) mass is 780 g/mol. The van der Waals surface area contributed by atoms with E-state index >= 15 is 0 Å². The molecule has 60 heavy (non-hydrogen) atoms. The van der Waals surface area contributed by atoms with Gasteiger partial charge in [0.05, 0.1) is 51.3 Å². The number of fused-ring (bicyclic) bond motifs is 6. The van der Waals surface area contributed by atoms with Crippen LogP contribution in [0.5, 0.6) is 23.0 Å². The first-order valence-electron chi connectivity index (χ1n) is 21.5. The molecule has 6 aromatic carbocycles. The van der Waals surface area contributed by atoms with E-state index in [0.717, 1.165) is 66.4 Å². The van der Waals surface area contributed by atoms with Crippen molar-refractivity contribution in [2.45, 2.75) is 13.8 Å². The summed E-state index contributed by atoms with van der Waals surface area (Å²) in [5, 5.41) is 4.28. The zero-order valence-electron chi connectivity index (χ0n) is 36.5. The molecule has 0 aliphatic rings. The number of pyridine rings is 2. The molecule has 0 spiro atoms. The van der Waals surface area contributed by atoms with Crippen LogP contribution in [-0.4, -0.2) is 29.1 Å². The molecule has 0 unspecified atom stereocenters. The summed E-state index contributed by atoms with van der Waals surface area (Å²) in [7, 11) is 0. The molecule has 8 nitrogen and oxygen atoms in total. The molecule has 11 rings (SSSR count). The quantitative estimate of drug-likeness (QED) is 0.153. The number of aromatic nitrogens is 6. The van der Waals surface area contributed by atoms with E-state index in [1.807, 2.05) is 98.8 Å². The van der Waals surface area contributed by atoms with E-state index in [4.69, 9.17) is 15.0 Å².